The summed E-state index contributed by atoms with van der Waals surface area (Å²) in [5, 5.41) is 19.8. The Kier molecular flexibility index (Phi) is 3.21. The van der Waals surface area contributed by atoms with Crippen LogP contribution in [-0.2, 0) is 0 Å². The highest BCUT2D eigenvalue weighted by Gasteiger charge is 2.18. The summed E-state index contributed by atoms with van der Waals surface area (Å²) in [7, 11) is 0. The maximum Gasteiger partial charge on any atom is 0.314 e. The number of halogens is 1. The molecule has 0 saturated heterocycles. The Bertz CT molecular complexity index is 462. The fraction of sp³-hybridized carbons (Fsp3) is 0.111. The van der Waals surface area contributed by atoms with Gasteiger partial charge in [0.1, 0.15) is 5.82 Å². The largest absolute Gasteiger partial charge is 0.501 e. The minimum atomic E-state index is -0.883. The van der Waals surface area contributed by atoms with E-state index in [1.807, 2.05) is 0 Å². The average Bonchev–Trinajstić information content (AvgIpc) is 2.18. The molecule has 0 amide bonds. The molecule has 0 radical (unpaired) electrons. The summed E-state index contributed by atoms with van der Waals surface area (Å²) in [6.07, 6.45) is 0. The second-order valence-electron chi connectivity index (χ2n) is 2.58. The van der Waals surface area contributed by atoms with Gasteiger partial charge in [-0.25, -0.2) is 4.39 Å². The maximum atomic E-state index is 12.9. The Morgan fingerprint density at radius 1 is 1.60 bits per heavy atom. The van der Waals surface area contributed by atoms with E-state index in [1.54, 1.807) is 0 Å². The second kappa shape index (κ2) is 4.39. The van der Waals surface area contributed by atoms with Crippen molar-refractivity contribution >= 4 is 5.69 Å². The molecular formula is C9H7FN2O3. The summed E-state index contributed by atoms with van der Waals surface area (Å²) in [6, 6.07) is 1.54. The van der Waals surface area contributed by atoms with Gasteiger partial charge in [0.25, 0.3) is 0 Å². The van der Waals surface area contributed by atoms with Gasteiger partial charge in [0, 0.05) is 0 Å². The molecule has 15 heavy (non-hydrogen) atoms. The molecule has 5 nitrogen and oxygen atoms in total. The molecule has 0 spiro atoms. The third kappa shape index (κ3) is 2.42. The molecule has 0 aliphatic carbocycles. The van der Waals surface area contributed by atoms with Gasteiger partial charge >= 0.3 is 5.69 Å². The van der Waals surface area contributed by atoms with E-state index in [9.17, 15) is 19.6 Å². The molecule has 3 N–H and O–H groups in total. The van der Waals surface area contributed by atoms with E-state index in [0.717, 1.165) is 6.07 Å². The van der Waals surface area contributed by atoms with Gasteiger partial charge in [0.2, 0.25) is 5.75 Å². The highest BCUT2D eigenvalue weighted by atomic mass is 19.1. The van der Waals surface area contributed by atoms with Crippen molar-refractivity contribution in [1.29, 1.82) is 0 Å². The van der Waals surface area contributed by atoms with E-state index in [0.29, 0.717) is 6.07 Å². The van der Waals surface area contributed by atoms with Crippen molar-refractivity contribution in [2.24, 2.45) is 5.73 Å². The van der Waals surface area contributed by atoms with Crippen LogP contribution in [0.1, 0.15) is 5.56 Å². The number of hydrogen-bond donors (Lipinski definition) is 2. The molecule has 0 fully saturated rings. The lowest BCUT2D eigenvalue weighted by Gasteiger charge is -1.98. The highest BCUT2D eigenvalue weighted by molar-refractivity contribution is 5.57. The summed E-state index contributed by atoms with van der Waals surface area (Å²) < 4.78 is 12.9. The minimum absolute atomic E-state index is 0.0176. The number of phenols is 1. The molecule has 0 bridgehead atoms. The number of hydrogen-bond acceptors (Lipinski definition) is 4. The first-order valence-electron chi connectivity index (χ1n) is 3.92. The number of nitro benzene ring substituents is 1. The van der Waals surface area contributed by atoms with Crippen LogP contribution in [0.2, 0.25) is 0 Å². The Hall–Kier alpha value is -2.13. The maximum absolute atomic E-state index is 12.9. The lowest BCUT2D eigenvalue weighted by Crippen LogP contribution is -1.95. The van der Waals surface area contributed by atoms with Crippen molar-refractivity contribution in [2.75, 3.05) is 6.54 Å². The number of phenolic OH excluding ortho intramolecular Hbond substituents is 1. The summed E-state index contributed by atoms with van der Waals surface area (Å²) in [5.74, 6) is 3.22. The van der Waals surface area contributed by atoms with E-state index in [4.69, 9.17) is 5.73 Å². The van der Waals surface area contributed by atoms with Gasteiger partial charge in [-0.05, 0) is 6.07 Å². The van der Waals surface area contributed by atoms with Gasteiger partial charge in [-0.3, -0.25) is 10.1 Å². The standard InChI is InChI=1S/C9H7FN2O3/c10-7-4-6(2-1-3-11)9(13)8(5-7)12(14)15/h4-5,13H,3,11H2. The van der Waals surface area contributed by atoms with E-state index < -0.39 is 22.2 Å². The molecule has 0 aromatic heterocycles. The SMILES string of the molecule is NCC#Cc1cc(F)cc([N+](=O)[O-])c1O. The minimum Gasteiger partial charge on any atom is -0.501 e. The van der Waals surface area contributed by atoms with Crippen LogP contribution in [0, 0.1) is 27.8 Å². The molecule has 0 atom stereocenters. The fourth-order valence-electron chi connectivity index (χ4n) is 0.966. The average molecular weight is 210 g/mol. The third-order valence-corrected chi connectivity index (χ3v) is 1.58. The van der Waals surface area contributed by atoms with Crippen LogP contribution in [0.15, 0.2) is 12.1 Å². The summed E-state index contributed by atoms with van der Waals surface area (Å²) in [6.45, 7) is 0.0176. The first kappa shape index (κ1) is 10.9. The van der Waals surface area contributed by atoms with E-state index in [1.165, 1.54) is 0 Å². The molecular weight excluding hydrogens is 203 g/mol. The quantitative estimate of drug-likeness (QED) is 0.406. The molecule has 78 valence electrons. The van der Waals surface area contributed by atoms with Gasteiger partial charge in [0.05, 0.1) is 23.1 Å². The van der Waals surface area contributed by atoms with Crippen LogP contribution < -0.4 is 5.73 Å². The van der Waals surface area contributed by atoms with E-state index in [-0.39, 0.29) is 12.1 Å². The molecule has 0 aliphatic heterocycles. The van der Waals surface area contributed by atoms with Crippen molar-refractivity contribution in [2.45, 2.75) is 0 Å². The lowest BCUT2D eigenvalue weighted by atomic mass is 10.1. The summed E-state index contributed by atoms with van der Waals surface area (Å²) in [5.41, 5.74) is 4.22. The molecule has 0 heterocycles. The molecule has 1 aromatic rings. The Morgan fingerprint density at radius 3 is 2.80 bits per heavy atom. The normalized spacial score (nSPS) is 9.20. The first-order valence-corrected chi connectivity index (χ1v) is 3.92. The molecule has 0 unspecified atom stereocenters. The predicted octanol–water partition coefficient (Wildman–Crippen LogP) is 0.750. The van der Waals surface area contributed by atoms with Crippen molar-refractivity contribution in [3.63, 3.8) is 0 Å². The Morgan fingerprint density at radius 2 is 2.27 bits per heavy atom. The Balaban J connectivity index is 3.34. The van der Waals surface area contributed by atoms with Crippen molar-refractivity contribution in [3.8, 4) is 17.6 Å². The number of aromatic hydroxyl groups is 1. The van der Waals surface area contributed by atoms with Crippen LogP contribution >= 0.6 is 0 Å². The lowest BCUT2D eigenvalue weighted by molar-refractivity contribution is -0.386. The van der Waals surface area contributed by atoms with Gasteiger partial charge < -0.3 is 10.8 Å². The number of nitrogens with two attached hydrogens (primary N) is 1. The van der Waals surface area contributed by atoms with Crippen molar-refractivity contribution in [1.82, 2.24) is 0 Å². The Labute approximate surface area is 84.5 Å². The van der Waals surface area contributed by atoms with Crippen LogP contribution in [-0.4, -0.2) is 16.6 Å². The van der Waals surface area contributed by atoms with Gasteiger partial charge in [0.15, 0.2) is 0 Å². The highest BCUT2D eigenvalue weighted by Crippen LogP contribution is 2.29. The van der Waals surface area contributed by atoms with Gasteiger partial charge in [-0.15, -0.1) is 0 Å². The molecule has 1 aromatic carbocycles. The van der Waals surface area contributed by atoms with Crippen molar-refractivity contribution < 1.29 is 14.4 Å². The van der Waals surface area contributed by atoms with Gasteiger partial charge in [-0.2, -0.15) is 0 Å². The monoisotopic (exact) mass is 210 g/mol. The summed E-state index contributed by atoms with van der Waals surface area (Å²) in [4.78, 5) is 9.52. The zero-order chi connectivity index (χ0) is 11.4. The van der Waals surface area contributed by atoms with Crippen LogP contribution in [0.25, 0.3) is 0 Å². The molecule has 6 heteroatoms. The molecule has 0 saturated carbocycles. The van der Waals surface area contributed by atoms with E-state index in [2.05, 4.69) is 11.8 Å². The number of nitro groups is 1. The molecule has 1 rings (SSSR count). The van der Waals surface area contributed by atoms with Crippen LogP contribution in [0.3, 0.4) is 0 Å². The van der Waals surface area contributed by atoms with Gasteiger partial charge in [-0.1, -0.05) is 11.8 Å². The smallest absolute Gasteiger partial charge is 0.314 e. The third-order valence-electron chi connectivity index (χ3n) is 1.58. The zero-order valence-electron chi connectivity index (χ0n) is 7.53. The van der Waals surface area contributed by atoms with E-state index >= 15 is 0 Å². The molecule has 0 aliphatic rings. The first-order chi connectivity index (χ1) is 7.06. The van der Waals surface area contributed by atoms with Crippen LogP contribution in [0.4, 0.5) is 10.1 Å². The topological polar surface area (TPSA) is 89.4 Å². The summed E-state index contributed by atoms with van der Waals surface area (Å²) >= 11 is 0. The number of nitrogens with zero attached hydrogens (tertiary/aromatic N) is 1. The fourth-order valence-corrected chi connectivity index (χ4v) is 0.966. The number of rotatable bonds is 1. The predicted molar refractivity (Wildman–Crippen MR) is 50.7 cm³/mol. The van der Waals surface area contributed by atoms with Crippen molar-refractivity contribution in [3.05, 3.63) is 33.6 Å². The van der Waals surface area contributed by atoms with Crippen LogP contribution in [0.5, 0.6) is 5.75 Å². The number of benzene rings is 1. The second-order valence-corrected chi connectivity index (χ2v) is 2.58. The zero-order valence-corrected chi connectivity index (χ0v) is 7.53.